The lowest BCUT2D eigenvalue weighted by molar-refractivity contribution is -0.116. The van der Waals surface area contributed by atoms with Gasteiger partial charge >= 0.3 is 0 Å². The Kier molecular flexibility index (Phi) is 2.40. The molecule has 2 aliphatic heterocycles. The summed E-state index contributed by atoms with van der Waals surface area (Å²) in [5, 5.41) is 2.79. The van der Waals surface area contributed by atoms with E-state index in [1.54, 1.807) is 6.20 Å². The van der Waals surface area contributed by atoms with Gasteiger partial charge in [0, 0.05) is 23.7 Å². The first kappa shape index (κ1) is 12.7. The Morgan fingerprint density at radius 1 is 1.30 bits per heavy atom. The average molecular weight is 306 g/mol. The van der Waals surface area contributed by atoms with Gasteiger partial charge in [-0.1, -0.05) is 6.58 Å². The highest BCUT2D eigenvalue weighted by atomic mass is 16.5. The first-order valence-electron chi connectivity index (χ1n) is 7.65. The topological polar surface area (TPSA) is 60.5 Å². The van der Waals surface area contributed by atoms with Crippen LogP contribution in [0.4, 0.5) is 5.82 Å². The number of nitrogens with one attached hydrogen (secondary N) is 1. The lowest BCUT2D eigenvalue weighted by Crippen LogP contribution is -2.20. The van der Waals surface area contributed by atoms with Gasteiger partial charge < -0.3 is 14.8 Å². The normalized spacial score (nSPS) is 23.3. The third-order valence-corrected chi connectivity index (χ3v) is 4.63. The van der Waals surface area contributed by atoms with Crippen LogP contribution in [0.3, 0.4) is 0 Å². The molecule has 5 rings (SSSR count). The minimum atomic E-state index is -0.00452. The Morgan fingerprint density at radius 2 is 2.22 bits per heavy atom. The molecule has 1 aliphatic carbocycles. The second-order valence-electron chi connectivity index (χ2n) is 6.08. The number of fused-ring (bicyclic) bond motifs is 4. The fraction of sp³-hybridized carbons (Fsp3) is 0.222. The molecule has 5 heteroatoms. The molecule has 1 N–H and O–H groups in total. The highest BCUT2D eigenvalue weighted by Gasteiger charge is 2.52. The SMILES string of the molecule is C=C1[C@H]2Oc3ccc(Oc4ccnc5c4CCC(=O)N5)cc3[C@@H]12. The van der Waals surface area contributed by atoms with E-state index in [4.69, 9.17) is 9.47 Å². The van der Waals surface area contributed by atoms with Crippen molar-refractivity contribution in [1.82, 2.24) is 4.98 Å². The van der Waals surface area contributed by atoms with Crippen molar-refractivity contribution >= 4 is 11.7 Å². The average Bonchev–Trinajstić information content (AvgIpc) is 3.02. The molecule has 0 spiro atoms. The maximum atomic E-state index is 11.5. The lowest BCUT2D eigenvalue weighted by atomic mass is 10.1. The molecular weight excluding hydrogens is 292 g/mol. The molecule has 0 saturated heterocycles. The maximum absolute atomic E-state index is 11.5. The second-order valence-corrected chi connectivity index (χ2v) is 6.08. The van der Waals surface area contributed by atoms with Crippen molar-refractivity contribution in [3.8, 4) is 17.2 Å². The van der Waals surface area contributed by atoms with E-state index in [0.717, 1.165) is 33.9 Å². The lowest BCUT2D eigenvalue weighted by Gasteiger charge is -2.19. The van der Waals surface area contributed by atoms with Gasteiger partial charge in [0.15, 0.2) is 0 Å². The summed E-state index contributed by atoms with van der Waals surface area (Å²) in [6.07, 6.45) is 2.90. The Labute approximate surface area is 132 Å². The van der Waals surface area contributed by atoms with Crippen molar-refractivity contribution in [3.05, 3.63) is 53.7 Å². The van der Waals surface area contributed by atoms with Crippen LogP contribution < -0.4 is 14.8 Å². The third-order valence-electron chi connectivity index (χ3n) is 4.63. The van der Waals surface area contributed by atoms with E-state index in [2.05, 4.69) is 16.9 Å². The first-order chi connectivity index (χ1) is 11.2. The van der Waals surface area contributed by atoms with E-state index < -0.39 is 0 Å². The van der Waals surface area contributed by atoms with Crippen LogP contribution in [0.15, 0.2) is 42.6 Å². The minimum absolute atomic E-state index is 0.00452. The van der Waals surface area contributed by atoms with Crippen LogP contribution in [0.25, 0.3) is 0 Å². The van der Waals surface area contributed by atoms with Crippen LogP contribution in [0.2, 0.25) is 0 Å². The zero-order chi connectivity index (χ0) is 15.6. The molecule has 1 saturated carbocycles. The van der Waals surface area contributed by atoms with Gasteiger partial charge in [0.05, 0.1) is 5.92 Å². The zero-order valence-electron chi connectivity index (χ0n) is 12.3. The second kappa shape index (κ2) is 4.35. The Bertz CT molecular complexity index is 875. The number of anilines is 1. The molecule has 1 amide bonds. The maximum Gasteiger partial charge on any atom is 0.225 e. The number of hydrogen-bond donors (Lipinski definition) is 1. The summed E-state index contributed by atoms with van der Waals surface area (Å²) in [7, 11) is 0. The molecule has 114 valence electrons. The number of pyridine rings is 1. The van der Waals surface area contributed by atoms with Crippen molar-refractivity contribution in [2.45, 2.75) is 24.9 Å². The Morgan fingerprint density at radius 3 is 3.13 bits per heavy atom. The first-order valence-corrected chi connectivity index (χ1v) is 7.65. The van der Waals surface area contributed by atoms with E-state index >= 15 is 0 Å². The van der Waals surface area contributed by atoms with Crippen LogP contribution >= 0.6 is 0 Å². The summed E-state index contributed by atoms with van der Waals surface area (Å²) < 4.78 is 11.9. The largest absolute Gasteiger partial charge is 0.485 e. The van der Waals surface area contributed by atoms with Gasteiger partial charge in [-0.15, -0.1) is 0 Å². The van der Waals surface area contributed by atoms with Crippen LogP contribution in [0.5, 0.6) is 17.2 Å². The van der Waals surface area contributed by atoms with E-state index in [0.29, 0.717) is 24.6 Å². The van der Waals surface area contributed by atoms with E-state index in [9.17, 15) is 4.79 Å². The van der Waals surface area contributed by atoms with Gasteiger partial charge in [0.25, 0.3) is 0 Å². The zero-order valence-corrected chi connectivity index (χ0v) is 12.3. The molecule has 1 fully saturated rings. The predicted molar refractivity (Wildman–Crippen MR) is 84.0 cm³/mol. The molecule has 5 nitrogen and oxygen atoms in total. The van der Waals surface area contributed by atoms with Gasteiger partial charge in [-0.05, 0) is 36.3 Å². The fourth-order valence-corrected chi connectivity index (χ4v) is 3.35. The van der Waals surface area contributed by atoms with Crippen molar-refractivity contribution in [1.29, 1.82) is 0 Å². The molecule has 0 unspecified atom stereocenters. The molecule has 3 aliphatic rings. The summed E-state index contributed by atoms with van der Waals surface area (Å²) >= 11 is 0. The Balaban J connectivity index is 1.48. The van der Waals surface area contributed by atoms with Crippen molar-refractivity contribution in [2.75, 3.05) is 5.32 Å². The molecular formula is C18H14N2O3. The molecule has 1 aromatic heterocycles. The highest BCUT2D eigenvalue weighted by molar-refractivity contribution is 5.93. The quantitative estimate of drug-likeness (QED) is 0.866. The molecule has 0 bridgehead atoms. The van der Waals surface area contributed by atoms with Gasteiger partial charge in [-0.2, -0.15) is 0 Å². The summed E-state index contributed by atoms with van der Waals surface area (Å²) in [5.74, 6) is 3.33. The van der Waals surface area contributed by atoms with Gasteiger partial charge in [-0.25, -0.2) is 4.98 Å². The summed E-state index contributed by atoms with van der Waals surface area (Å²) in [6.45, 7) is 4.01. The molecule has 3 heterocycles. The summed E-state index contributed by atoms with van der Waals surface area (Å²) in [5.41, 5.74) is 3.23. The van der Waals surface area contributed by atoms with Gasteiger partial charge in [0.2, 0.25) is 5.91 Å². The minimum Gasteiger partial charge on any atom is -0.485 e. The number of amides is 1. The molecule has 23 heavy (non-hydrogen) atoms. The number of hydrogen-bond acceptors (Lipinski definition) is 4. The van der Waals surface area contributed by atoms with Crippen LogP contribution in [0.1, 0.15) is 23.5 Å². The smallest absolute Gasteiger partial charge is 0.225 e. The van der Waals surface area contributed by atoms with E-state index in [1.165, 1.54) is 0 Å². The monoisotopic (exact) mass is 306 g/mol. The standard InChI is InChI=1S/C18H14N2O3/c1-9-16-12-8-10(2-4-13(12)23-17(9)16)22-14-6-7-19-18-11(14)3-5-15(21)20-18/h2,4,6-8,16-17H,1,3,5H2,(H,19,20,21)/t16-,17-/m1/s1. The Hall–Kier alpha value is -2.82. The van der Waals surface area contributed by atoms with Crippen molar-refractivity contribution < 1.29 is 14.3 Å². The number of nitrogens with zero attached hydrogens (tertiary/aromatic N) is 1. The fourth-order valence-electron chi connectivity index (χ4n) is 3.35. The predicted octanol–water partition coefficient (Wildman–Crippen LogP) is 3.17. The number of rotatable bonds is 2. The number of carbonyl (C=O) groups is 1. The van der Waals surface area contributed by atoms with E-state index in [1.807, 2.05) is 24.3 Å². The molecule has 2 aromatic rings. The van der Waals surface area contributed by atoms with Gasteiger partial charge in [-0.3, -0.25) is 4.79 Å². The van der Waals surface area contributed by atoms with Crippen LogP contribution in [-0.2, 0) is 11.2 Å². The van der Waals surface area contributed by atoms with Crippen molar-refractivity contribution in [3.63, 3.8) is 0 Å². The van der Waals surface area contributed by atoms with E-state index in [-0.39, 0.29) is 12.0 Å². The molecule has 1 aromatic carbocycles. The molecule has 0 radical (unpaired) electrons. The number of aromatic nitrogens is 1. The third kappa shape index (κ3) is 1.86. The summed E-state index contributed by atoms with van der Waals surface area (Å²) in [6, 6.07) is 7.70. The summed E-state index contributed by atoms with van der Waals surface area (Å²) in [4.78, 5) is 15.7. The highest BCUT2D eigenvalue weighted by Crippen LogP contribution is 2.57. The van der Waals surface area contributed by atoms with Crippen LogP contribution in [-0.4, -0.2) is 17.0 Å². The van der Waals surface area contributed by atoms with Crippen LogP contribution in [0, 0.1) is 0 Å². The number of carbonyl (C=O) groups excluding carboxylic acids is 1. The number of benzene rings is 1. The number of ether oxygens (including phenoxy) is 2. The van der Waals surface area contributed by atoms with Gasteiger partial charge in [0.1, 0.15) is 29.2 Å². The van der Waals surface area contributed by atoms with Crippen molar-refractivity contribution in [2.24, 2.45) is 0 Å². The molecule has 2 atom stereocenters.